The second-order valence-corrected chi connectivity index (χ2v) is 7.16. The smallest absolute Gasteiger partial charge is 0.237 e. The van der Waals surface area contributed by atoms with Gasteiger partial charge in [-0.25, -0.2) is 0 Å². The number of carbonyl (C=O) groups excluding carboxylic acids is 1. The van der Waals surface area contributed by atoms with Crippen LogP contribution >= 0.6 is 0 Å². The third-order valence-corrected chi connectivity index (χ3v) is 4.94. The Labute approximate surface area is 150 Å². The zero-order valence-electron chi connectivity index (χ0n) is 15.4. The van der Waals surface area contributed by atoms with Crippen LogP contribution < -0.4 is 10.1 Å². The van der Waals surface area contributed by atoms with E-state index in [2.05, 4.69) is 15.1 Å². The summed E-state index contributed by atoms with van der Waals surface area (Å²) < 4.78 is 11.5. The van der Waals surface area contributed by atoms with Crippen LogP contribution in [0.15, 0.2) is 24.3 Å². The Kier molecular flexibility index (Phi) is 5.93. The van der Waals surface area contributed by atoms with Crippen molar-refractivity contribution < 1.29 is 14.3 Å². The second-order valence-electron chi connectivity index (χ2n) is 7.16. The van der Waals surface area contributed by atoms with Gasteiger partial charge in [-0.05, 0) is 27.1 Å². The van der Waals surface area contributed by atoms with Gasteiger partial charge in [-0.3, -0.25) is 9.69 Å². The quantitative estimate of drug-likeness (QED) is 0.870. The van der Waals surface area contributed by atoms with E-state index in [1.54, 1.807) is 0 Å². The second kappa shape index (κ2) is 8.17. The van der Waals surface area contributed by atoms with Crippen LogP contribution in [0.25, 0.3) is 0 Å². The first-order chi connectivity index (χ1) is 12.0. The molecule has 0 aliphatic carbocycles. The number of carbonyl (C=O) groups is 1. The highest BCUT2D eigenvalue weighted by Gasteiger charge is 2.30. The maximum Gasteiger partial charge on any atom is 0.237 e. The maximum atomic E-state index is 12.8. The molecule has 138 valence electrons. The van der Waals surface area contributed by atoms with Crippen molar-refractivity contribution in [2.75, 3.05) is 46.9 Å². The minimum Gasteiger partial charge on any atom is -0.493 e. The van der Waals surface area contributed by atoms with Gasteiger partial charge in [0, 0.05) is 31.6 Å². The Balaban J connectivity index is 1.60. The van der Waals surface area contributed by atoms with Crippen molar-refractivity contribution in [3.63, 3.8) is 0 Å². The molecular formula is C19H29N3O3. The van der Waals surface area contributed by atoms with Crippen LogP contribution in [0.3, 0.4) is 0 Å². The van der Waals surface area contributed by atoms with Gasteiger partial charge in [0.15, 0.2) is 0 Å². The Morgan fingerprint density at radius 1 is 1.36 bits per heavy atom. The third kappa shape index (κ3) is 4.51. The SMILES string of the molecule is C[C@H](C(=O)N[C@H]1CCOc2ccccc21)N1CCO[C@H](CN(C)C)C1. The highest BCUT2D eigenvalue weighted by Crippen LogP contribution is 2.31. The number of nitrogens with one attached hydrogen (secondary N) is 1. The van der Waals surface area contributed by atoms with Gasteiger partial charge in [0.25, 0.3) is 0 Å². The van der Waals surface area contributed by atoms with E-state index in [9.17, 15) is 4.79 Å². The van der Waals surface area contributed by atoms with Crippen molar-refractivity contribution in [3.05, 3.63) is 29.8 Å². The number of benzene rings is 1. The molecule has 1 fully saturated rings. The lowest BCUT2D eigenvalue weighted by Crippen LogP contribution is -2.54. The van der Waals surface area contributed by atoms with Gasteiger partial charge in [-0.15, -0.1) is 0 Å². The number of rotatable bonds is 5. The Morgan fingerprint density at radius 3 is 2.96 bits per heavy atom. The summed E-state index contributed by atoms with van der Waals surface area (Å²) in [7, 11) is 4.09. The molecule has 3 atom stereocenters. The highest BCUT2D eigenvalue weighted by molar-refractivity contribution is 5.82. The van der Waals surface area contributed by atoms with Crippen molar-refractivity contribution in [1.82, 2.24) is 15.1 Å². The summed E-state index contributed by atoms with van der Waals surface area (Å²) in [6, 6.07) is 7.81. The fraction of sp³-hybridized carbons (Fsp3) is 0.632. The predicted molar refractivity (Wildman–Crippen MR) is 96.8 cm³/mol. The monoisotopic (exact) mass is 347 g/mol. The van der Waals surface area contributed by atoms with E-state index in [1.165, 1.54) is 0 Å². The Morgan fingerprint density at radius 2 is 2.16 bits per heavy atom. The molecule has 0 aromatic heterocycles. The molecule has 3 rings (SSSR count). The van der Waals surface area contributed by atoms with E-state index in [1.807, 2.05) is 45.3 Å². The summed E-state index contributed by atoms with van der Waals surface area (Å²) in [6.07, 6.45) is 0.963. The van der Waals surface area contributed by atoms with E-state index in [0.717, 1.165) is 37.4 Å². The van der Waals surface area contributed by atoms with Gasteiger partial charge in [0.05, 0.1) is 31.4 Å². The van der Waals surface area contributed by atoms with Crippen LogP contribution in [0, 0.1) is 0 Å². The van der Waals surface area contributed by atoms with Gasteiger partial charge < -0.3 is 19.7 Å². The molecule has 0 bridgehead atoms. The number of hydrogen-bond acceptors (Lipinski definition) is 5. The van der Waals surface area contributed by atoms with Crippen LogP contribution in [-0.4, -0.2) is 74.8 Å². The Hall–Kier alpha value is -1.63. The van der Waals surface area contributed by atoms with E-state index in [-0.39, 0.29) is 24.1 Å². The van der Waals surface area contributed by atoms with Crippen LogP contribution in [0.1, 0.15) is 24.9 Å². The fourth-order valence-electron chi connectivity index (χ4n) is 3.56. The normalized spacial score (nSPS) is 25.1. The summed E-state index contributed by atoms with van der Waals surface area (Å²) in [5.74, 6) is 0.955. The molecule has 2 heterocycles. The first kappa shape index (κ1) is 18.2. The largest absolute Gasteiger partial charge is 0.493 e. The van der Waals surface area contributed by atoms with Gasteiger partial charge in [-0.2, -0.15) is 0 Å². The first-order valence-corrected chi connectivity index (χ1v) is 9.07. The van der Waals surface area contributed by atoms with Crippen molar-refractivity contribution in [2.45, 2.75) is 31.5 Å². The van der Waals surface area contributed by atoms with Gasteiger partial charge in [-0.1, -0.05) is 18.2 Å². The third-order valence-electron chi connectivity index (χ3n) is 4.94. The predicted octanol–water partition coefficient (Wildman–Crippen LogP) is 1.28. The molecule has 25 heavy (non-hydrogen) atoms. The first-order valence-electron chi connectivity index (χ1n) is 9.07. The molecule has 1 aromatic carbocycles. The maximum absolute atomic E-state index is 12.8. The highest BCUT2D eigenvalue weighted by atomic mass is 16.5. The van der Waals surface area contributed by atoms with Crippen molar-refractivity contribution in [1.29, 1.82) is 0 Å². The number of para-hydroxylation sites is 1. The molecule has 0 saturated carbocycles. The molecule has 2 aliphatic rings. The lowest BCUT2D eigenvalue weighted by Gasteiger charge is -2.37. The molecule has 6 nitrogen and oxygen atoms in total. The van der Waals surface area contributed by atoms with E-state index in [4.69, 9.17) is 9.47 Å². The van der Waals surface area contributed by atoms with Crippen LogP contribution in [0.2, 0.25) is 0 Å². The summed E-state index contributed by atoms with van der Waals surface area (Å²) >= 11 is 0. The number of ether oxygens (including phenoxy) is 2. The zero-order chi connectivity index (χ0) is 17.8. The van der Waals surface area contributed by atoms with E-state index >= 15 is 0 Å². The molecular weight excluding hydrogens is 318 g/mol. The number of amides is 1. The number of morpholine rings is 1. The number of fused-ring (bicyclic) bond motifs is 1. The van der Waals surface area contributed by atoms with Gasteiger partial charge >= 0.3 is 0 Å². The summed E-state index contributed by atoms with van der Waals surface area (Å²) in [4.78, 5) is 17.1. The molecule has 0 unspecified atom stereocenters. The Bertz CT molecular complexity index is 593. The number of hydrogen-bond donors (Lipinski definition) is 1. The van der Waals surface area contributed by atoms with Crippen molar-refractivity contribution in [3.8, 4) is 5.75 Å². The standard InChI is InChI=1S/C19H29N3O3/c1-14(22-9-11-24-15(13-22)12-21(2)3)19(23)20-17-8-10-25-18-7-5-4-6-16(17)18/h4-7,14-15,17H,8-13H2,1-3H3,(H,20,23)/t14-,15-,17+/m1/s1. The molecule has 0 radical (unpaired) electrons. The zero-order valence-corrected chi connectivity index (χ0v) is 15.4. The average Bonchev–Trinajstić information content (AvgIpc) is 2.61. The van der Waals surface area contributed by atoms with Gasteiger partial charge in [0.2, 0.25) is 5.91 Å². The molecule has 6 heteroatoms. The molecule has 0 spiro atoms. The topological polar surface area (TPSA) is 54.0 Å². The fourth-order valence-corrected chi connectivity index (χ4v) is 3.56. The molecule has 1 N–H and O–H groups in total. The lowest BCUT2D eigenvalue weighted by molar-refractivity contribution is -0.130. The van der Waals surface area contributed by atoms with Crippen LogP contribution in [-0.2, 0) is 9.53 Å². The minimum atomic E-state index is -0.163. The lowest BCUT2D eigenvalue weighted by atomic mass is 10.00. The molecule has 2 aliphatic heterocycles. The van der Waals surface area contributed by atoms with Crippen molar-refractivity contribution in [2.24, 2.45) is 0 Å². The summed E-state index contributed by atoms with van der Waals surface area (Å²) in [5.41, 5.74) is 1.07. The van der Waals surface area contributed by atoms with Crippen molar-refractivity contribution >= 4 is 5.91 Å². The van der Waals surface area contributed by atoms with E-state index < -0.39 is 0 Å². The number of likely N-dealkylation sites (N-methyl/N-ethyl adjacent to an activating group) is 1. The summed E-state index contributed by atoms with van der Waals surface area (Å²) in [6.45, 7) is 5.76. The molecule has 1 aromatic rings. The minimum absolute atomic E-state index is 0.0264. The van der Waals surface area contributed by atoms with Gasteiger partial charge in [0.1, 0.15) is 5.75 Å². The summed E-state index contributed by atoms with van der Waals surface area (Å²) in [5, 5.41) is 3.22. The molecule has 1 amide bonds. The average molecular weight is 347 g/mol. The number of nitrogens with zero attached hydrogens (tertiary/aromatic N) is 2. The van der Waals surface area contributed by atoms with Crippen LogP contribution in [0.4, 0.5) is 0 Å². The molecule has 1 saturated heterocycles. The van der Waals surface area contributed by atoms with Crippen LogP contribution in [0.5, 0.6) is 5.75 Å². The van der Waals surface area contributed by atoms with E-state index in [0.29, 0.717) is 13.2 Å².